The van der Waals surface area contributed by atoms with Crippen LogP contribution in [0.2, 0.25) is 0 Å². The molecule has 5 nitrogen and oxygen atoms in total. The summed E-state index contributed by atoms with van der Waals surface area (Å²) in [6, 6.07) is 27.0. The Morgan fingerprint density at radius 2 is 1.88 bits per heavy atom. The van der Waals surface area contributed by atoms with Crippen LogP contribution in [0.25, 0.3) is 10.9 Å². The van der Waals surface area contributed by atoms with Gasteiger partial charge in [-0.05, 0) is 60.2 Å². The molecule has 2 aromatic heterocycles. The number of hydrogen-bond acceptors (Lipinski definition) is 5. The van der Waals surface area contributed by atoms with E-state index in [1.165, 1.54) is 27.6 Å². The molecule has 0 unspecified atom stereocenters. The highest BCUT2D eigenvalue weighted by molar-refractivity contribution is 8.00. The van der Waals surface area contributed by atoms with E-state index in [0.717, 1.165) is 33.3 Å². The molecule has 5 aromatic rings. The maximum absolute atomic E-state index is 13.7. The lowest BCUT2D eigenvalue weighted by molar-refractivity contribution is -0.130. The lowest BCUT2D eigenvalue weighted by Crippen LogP contribution is -2.28. The maximum Gasteiger partial charge on any atom is 0.253 e. The largest absolute Gasteiger partial charge is 0.497 e. The van der Waals surface area contributed by atoms with Crippen LogP contribution in [0.4, 0.5) is 0 Å². The second-order valence-corrected chi connectivity index (χ2v) is 12.1. The van der Waals surface area contributed by atoms with Gasteiger partial charge in [-0.2, -0.15) is 5.10 Å². The molecule has 0 spiro atoms. The molecular formula is C33H31N3O2S2. The molecule has 0 N–H and O–H groups in total. The standard InChI is InChI=1S/C33H31N3O2S2/c1-22-10-11-23(2)25(17-22)19-35-20-32(27-7-4-5-8-29(27)35)40-21-33(37)36-30(24-12-14-26(38-3)15-13-24)18-28(34-36)31-9-6-16-39-31/h4-17,20,30H,18-19,21H2,1-3H3/t30-/m0/s1. The summed E-state index contributed by atoms with van der Waals surface area (Å²) in [5.41, 5.74) is 7.04. The fourth-order valence-corrected chi connectivity index (χ4v) is 6.90. The van der Waals surface area contributed by atoms with E-state index in [9.17, 15) is 4.79 Å². The Hall–Kier alpha value is -3.81. The van der Waals surface area contributed by atoms with E-state index in [0.29, 0.717) is 12.2 Å². The molecule has 1 atom stereocenters. The fourth-order valence-electron chi connectivity index (χ4n) is 5.24. The number of hydrogen-bond donors (Lipinski definition) is 0. The number of thiophene rings is 1. The zero-order valence-electron chi connectivity index (χ0n) is 22.8. The summed E-state index contributed by atoms with van der Waals surface area (Å²) in [6.45, 7) is 5.09. The summed E-state index contributed by atoms with van der Waals surface area (Å²) >= 11 is 3.24. The fraction of sp³-hybridized carbons (Fsp3) is 0.212. The Balaban J connectivity index is 1.25. The topological polar surface area (TPSA) is 46.8 Å². The highest BCUT2D eigenvalue weighted by atomic mass is 32.2. The minimum atomic E-state index is -0.137. The highest BCUT2D eigenvalue weighted by Crippen LogP contribution is 2.36. The number of para-hydroxylation sites is 1. The van der Waals surface area contributed by atoms with Gasteiger partial charge in [0.1, 0.15) is 5.75 Å². The van der Waals surface area contributed by atoms with Gasteiger partial charge in [0.05, 0.1) is 29.5 Å². The van der Waals surface area contributed by atoms with Crippen molar-refractivity contribution in [1.29, 1.82) is 0 Å². The van der Waals surface area contributed by atoms with Crippen LogP contribution in [0.15, 0.2) is 100 Å². The van der Waals surface area contributed by atoms with Gasteiger partial charge in [0, 0.05) is 35.0 Å². The minimum absolute atomic E-state index is 0.00346. The number of ether oxygens (including phenoxy) is 1. The number of benzene rings is 3. The van der Waals surface area contributed by atoms with Gasteiger partial charge in [-0.25, -0.2) is 5.01 Å². The third-order valence-electron chi connectivity index (χ3n) is 7.42. The predicted molar refractivity (Wildman–Crippen MR) is 166 cm³/mol. The Kier molecular flexibility index (Phi) is 7.50. The van der Waals surface area contributed by atoms with Gasteiger partial charge in [0.25, 0.3) is 5.91 Å². The third-order valence-corrected chi connectivity index (χ3v) is 9.37. The van der Waals surface area contributed by atoms with E-state index in [-0.39, 0.29) is 11.9 Å². The van der Waals surface area contributed by atoms with Crippen LogP contribution in [0.5, 0.6) is 5.75 Å². The number of rotatable bonds is 8. The molecule has 1 aliphatic rings. The molecule has 3 heterocycles. The van der Waals surface area contributed by atoms with E-state index in [4.69, 9.17) is 9.84 Å². The molecular weight excluding hydrogens is 535 g/mol. The van der Waals surface area contributed by atoms with E-state index >= 15 is 0 Å². The van der Waals surface area contributed by atoms with Gasteiger partial charge < -0.3 is 9.30 Å². The smallest absolute Gasteiger partial charge is 0.253 e. The number of nitrogens with zero attached hydrogens (tertiary/aromatic N) is 3. The summed E-state index contributed by atoms with van der Waals surface area (Å²) in [4.78, 5) is 15.9. The summed E-state index contributed by atoms with van der Waals surface area (Å²) in [6.07, 6.45) is 2.88. The number of carbonyl (C=O) groups excluding carboxylic acids is 1. The van der Waals surface area contributed by atoms with Crippen molar-refractivity contribution in [2.45, 2.75) is 37.8 Å². The quantitative estimate of drug-likeness (QED) is 0.180. The molecule has 0 saturated carbocycles. The lowest BCUT2D eigenvalue weighted by atomic mass is 10.0. The number of aryl methyl sites for hydroxylation is 2. The van der Waals surface area contributed by atoms with Crippen LogP contribution in [0.3, 0.4) is 0 Å². The molecule has 3 aromatic carbocycles. The zero-order chi connectivity index (χ0) is 27.6. The Morgan fingerprint density at radius 1 is 1.05 bits per heavy atom. The van der Waals surface area contributed by atoms with Crippen LogP contribution in [0, 0.1) is 13.8 Å². The minimum Gasteiger partial charge on any atom is -0.497 e. The number of hydrazone groups is 1. The van der Waals surface area contributed by atoms with Crippen molar-refractivity contribution < 1.29 is 9.53 Å². The summed E-state index contributed by atoms with van der Waals surface area (Å²) in [7, 11) is 1.66. The lowest BCUT2D eigenvalue weighted by Gasteiger charge is -2.22. The molecule has 40 heavy (non-hydrogen) atoms. The average Bonchev–Trinajstić information content (AvgIpc) is 3.73. The molecule has 0 radical (unpaired) electrons. The summed E-state index contributed by atoms with van der Waals surface area (Å²) < 4.78 is 7.65. The average molecular weight is 566 g/mol. The van der Waals surface area contributed by atoms with Crippen LogP contribution >= 0.6 is 23.1 Å². The molecule has 1 amide bonds. The van der Waals surface area contributed by atoms with Crippen molar-refractivity contribution >= 4 is 45.6 Å². The molecule has 0 saturated heterocycles. The normalized spacial score (nSPS) is 15.0. The first-order valence-electron chi connectivity index (χ1n) is 13.3. The van der Waals surface area contributed by atoms with Gasteiger partial charge in [-0.15, -0.1) is 23.1 Å². The Bertz CT molecular complexity index is 1690. The zero-order valence-corrected chi connectivity index (χ0v) is 24.5. The van der Waals surface area contributed by atoms with Crippen LogP contribution in [0.1, 0.15) is 39.6 Å². The molecule has 7 heteroatoms. The van der Waals surface area contributed by atoms with Gasteiger partial charge in [0.2, 0.25) is 0 Å². The van der Waals surface area contributed by atoms with Crippen LogP contribution < -0.4 is 4.74 Å². The third kappa shape index (κ3) is 5.31. The van der Waals surface area contributed by atoms with Crippen molar-refractivity contribution in [2.75, 3.05) is 12.9 Å². The van der Waals surface area contributed by atoms with Crippen molar-refractivity contribution in [3.05, 3.63) is 118 Å². The van der Waals surface area contributed by atoms with Gasteiger partial charge in [-0.3, -0.25) is 4.79 Å². The van der Waals surface area contributed by atoms with Crippen molar-refractivity contribution in [3.63, 3.8) is 0 Å². The first kappa shape index (κ1) is 26.4. The number of carbonyl (C=O) groups is 1. The maximum atomic E-state index is 13.7. The summed E-state index contributed by atoms with van der Waals surface area (Å²) in [5, 5.41) is 9.76. The first-order chi connectivity index (χ1) is 19.5. The number of aromatic nitrogens is 1. The first-order valence-corrected chi connectivity index (χ1v) is 15.2. The Morgan fingerprint density at radius 3 is 2.65 bits per heavy atom. The van der Waals surface area contributed by atoms with Crippen LogP contribution in [-0.4, -0.2) is 34.1 Å². The number of amides is 1. The molecule has 202 valence electrons. The van der Waals surface area contributed by atoms with E-state index < -0.39 is 0 Å². The number of fused-ring (bicyclic) bond motifs is 1. The van der Waals surface area contributed by atoms with Crippen molar-refractivity contribution in [1.82, 2.24) is 9.58 Å². The van der Waals surface area contributed by atoms with Gasteiger partial charge in [-0.1, -0.05) is 60.2 Å². The number of methoxy groups -OCH3 is 1. The SMILES string of the molecule is COc1ccc([C@@H]2CC(c3cccs3)=NN2C(=O)CSc2cn(Cc3cc(C)ccc3C)c3ccccc23)cc1. The molecule has 6 rings (SSSR count). The van der Waals surface area contributed by atoms with Gasteiger partial charge >= 0.3 is 0 Å². The van der Waals surface area contributed by atoms with Crippen molar-refractivity contribution in [3.8, 4) is 5.75 Å². The second kappa shape index (κ2) is 11.4. The number of thioether (sulfide) groups is 1. The molecule has 1 aliphatic heterocycles. The van der Waals surface area contributed by atoms with Crippen LogP contribution in [-0.2, 0) is 11.3 Å². The van der Waals surface area contributed by atoms with E-state index in [1.54, 1.807) is 35.2 Å². The molecule has 0 aliphatic carbocycles. The van der Waals surface area contributed by atoms with E-state index in [1.807, 2.05) is 30.3 Å². The second-order valence-electron chi connectivity index (χ2n) is 10.1. The highest BCUT2D eigenvalue weighted by Gasteiger charge is 2.33. The molecule has 0 fully saturated rings. The van der Waals surface area contributed by atoms with E-state index in [2.05, 4.69) is 78.5 Å². The Labute approximate surface area is 243 Å². The van der Waals surface area contributed by atoms with Gasteiger partial charge in [0.15, 0.2) is 0 Å². The summed E-state index contributed by atoms with van der Waals surface area (Å²) in [5.74, 6) is 1.11. The molecule has 0 bridgehead atoms. The predicted octanol–water partition coefficient (Wildman–Crippen LogP) is 7.85. The monoisotopic (exact) mass is 565 g/mol. The van der Waals surface area contributed by atoms with Crippen molar-refractivity contribution in [2.24, 2.45) is 5.10 Å².